The Morgan fingerprint density at radius 2 is 1.50 bits per heavy atom. The molecule has 0 bridgehead atoms. The van der Waals surface area contributed by atoms with E-state index in [-0.39, 0.29) is 11.7 Å². The van der Waals surface area contributed by atoms with Crippen LogP contribution >= 0.6 is 11.6 Å². The molecular weight excluding hydrogens is 353 g/mol. The number of halogens is 2. The lowest BCUT2D eigenvalue weighted by Crippen LogP contribution is -2.22. The number of hydrogen-bond donors (Lipinski definition) is 1. The number of rotatable bonds is 6. The number of ether oxygens (including phenoxy) is 1. The van der Waals surface area contributed by atoms with Crippen LogP contribution in [-0.4, -0.2) is 5.91 Å². The van der Waals surface area contributed by atoms with E-state index in [9.17, 15) is 9.18 Å². The minimum Gasteiger partial charge on any atom is -0.489 e. The summed E-state index contributed by atoms with van der Waals surface area (Å²) in [5, 5.41) is 3.47. The fourth-order valence-corrected chi connectivity index (χ4v) is 2.46. The van der Waals surface area contributed by atoms with E-state index < -0.39 is 0 Å². The Balaban J connectivity index is 1.52. The molecule has 5 heteroatoms. The number of amides is 1. The van der Waals surface area contributed by atoms with Gasteiger partial charge in [0.05, 0.1) is 0 Å². The molecular formula is C21H17ClFNO2. The van der Waals surface area contributed by atoms with Gasteiger partial charge in [0, 0.05) is 17.1 Å². The minimum absolute atomic E-state index is 0.181. The second-order valence-corrected chi connectivity index (χ2v) is 6.19. The molecule has 0 aliphatic carbocycles. The highest BCUT2D eigenvalue weighted by Gasteiger charge is 2.06. The quantitative estimate of drug-likeness (QED) is 0.664. The summed E-state index contributed by atoms with van der Waals surface area (Å²) >= 11 is 5.84. The largest absolute Gasteiger partial charge is 0.489 e. The van der Waals surface area contributed by atoms with Gasteiger partial charge in [-0.05, 0) is 59.7 Å². The maximum Gasteiger partial charge on any atom is 0.251 e. The Bertz CT molecular complexity index is 862. The van der Waals surface area contributed by atoms with Crippen molar-refractivity contribution in [2.45, 2.75) is 13.2 Å². The molecule has 0 radical (unpaired) electrons. The molecule has 0 unspecified atom stereocenters. The lowest BCUT2D eigenvalue weighted by atomic mass is 10.1. The van der Waals surface area contributed by atoms with Crippen molar-refractivity contribution >= 4 is 17.5 Å². The molecule has 0 saturated heterocycles. The van der Waals surface area contributed by atoms with E-state index in [0.29, 0.717) is 23.7 Å². The monoisotopic (exact) mass is 369 g/mol. The Labute approximate surface area is 156 Å². The van der Waals surface area contributed by atoms with Crippen LogP contribution in [0.5, 0.6) is 5.75 Å². The average Bonchev–Trinajstić information content (AvgIpc) is 2.67. The first-order chi connectivity index (χ1) is 12.6. The van der Waals surface area contributed by atoms with Gasteiger partial charge in [-0.25, -0.2) is 4.39 Å². The Kier molecular flexibility index (Phi) is 5.87. The molecule has 132 valence electrons. The summed E-state index contributed by atoms with van der Waals surface area (Å²) in [6.45, 7) is 0.750. The first-order valence-electron chi connectivity index (χ1n) is 8.10. The first-order valence-corrected chi connectivity index (χ1v) is 8.48. The van der Waals surface area contributed by atoms with Gasteiger partial charge in [-0.3, -0.25) is 4.79 Å². The van der Waals surface area contributed by atoms with Crippen LogP contribution in [0.4, 0.5) is 4.39 Å². The van der Waals surface area contributed by atoms with Gasteiger partial charge in [-0.1, -0.05) is 35.9 Å². The third-order valence-electron chi connectivity index (χ3n) is 3.80. The van der Waals surface area contributed by atoms with Gasteiger partial charge in [0.15, 0.2) is 0 Å². The molecule has 3 nitrogen and oxygen atoms in total. The highest BCUT2D eigenvalue weighted by Crippen LogP contribution is 2.17. The number of nitrogens with one attached hydrogen (secondary N) is 1. The summed E-state index contributed by atoms with van der Waals surface area (Å²) in [6.07, 6.45) is 0. The van der Waals surface area contributed by atoms with Crippen molar-refractivity contribution in [1.29, 1.82) is 0 Å². The SMILES string of the molecule is O=C(NCc1ccc(F)cc1)c1ccc(COc2ccc(Cl)cc2)cc1. The average molecular weight is 370 g/mol. The van der Waals surface area contributed by atoms with Gasteiger partial charge in [0.1, 0.15) is 18.2 Å². The second kappa shape index (κ2) is 8.50. The molecule has 0 aromatic heterocycles. The van der Waals surface area contributed by atoms with Crippen LogP contribution in [0.3, 0.4) is 0 Å². The van der Waals surface area contributed by atoms with Gasteiger partial charge in [-0.15, -0.1) is 0 Å². The Morgan fingerprint density at radius 1 is 0.885 bits per heavy atom. The normalized spacial score (nSPS) is 10.4. The molecule has 0 atom stereocenters. The highest BCUT2D eigenvalue weighted by molar-refractivity contribution is 6.30. The van der Waals surface area contributed by atoms with Gasteiger partial charge in [0.2, 0.25) is 0 Å². The molecule has 3 rings (SSSR count). The lowest BCUT2D eigenvalue weighted by molar-refractivity contribution is 0.0951. The number of hydrogen-bond acceptors (Lipinski definition) is 2. The van der Waals surface area contributed by atoms with Crippen molar-refractivity contribution in [2.75, 3.05) is 0 Å². The topological polar surface area (TPSA) is 38.3 Å². The second-order valence-electron chi connectivity index (χ2n) is 5.75. The van der Waals surface area contributed by atoms with Gasteiger partial charge in [0.25, 0.3) is 5.91 Å². The van der Waals surface area contributed by atoms with Crippen LogP contribution in [0.15, 0.2) is 72.8 Å². The van der Waals surface area contributed by atoms with E-state index in [1.54, 1.807) is 48.5 Å². The third kappa shape index (κ3) is 5.07. The fraction of sp³-hybridized carbons (Fsp3) is 0.0952. The summed E-state index contributed by atoms with van der Waals surface area (Å²) < 4.78 is 18.5. The Morgan fingerprint density at radius 3 is 2.15 bits per heavy atom. The maximum atomic E-state index is 12.9. The molecule has 0 aliphatic rings. The van der Waals surface area contributed by atoms with E-state index in [0.717, 1.165) is 16.9 Å². The predicted molar refractivity (Wildman–Crippen MR) is 99.8 cm³/mol. The molecule has 1 amide bonds. The van der Waals surface area contributed by atoms with Gasteiger partial charge in [-0.2, -0.15) is 0 Å². The molecule has 3 aromatic rings. The molecule has 26 heavy (non-hydrogen) atoms. The van der Waals surface area contributed by atoms with E-state index in [4.69, 9.17) is 16.3 Å². The van der Waals surface area contributed by atoms with Gasteiger partial charge >= 0.3 is 0 Å². The Hall–Kier alpha value is -2.85. The van der Waals surface area contributed by atoms with Crippen molar-refractivity contribution < 1.29 is 13.9 Å². The molecule has 0 fully saturated rings. The fourth-order valence-electron chi connectivity index (χ4n) is 2.34. The molecule has 0 spiro atoms. The summed E-state index contributed by atoms with van der Waals surface area (Å²) in [4.78, 5) is 12.2. The summed E-state index contributed by atoms with van der Waals surface area (Å²) in [5.41, 5.74) is 2.35. The molecule has 3 aromatic carbocycles. The number of carbonyl (C=O) groups excluding carboxylic acids is 1. The van der Waals surface area contributed by atoms with E-state index in [1.165, 1.54) is 12.1 Å². The van der Waals surface area contributed by atoms with Crippen molar-refractivity contribution in [3.05, 3.63) is 100 Å². The molecule has 0 saturated carbocycles. The summed E-state index contributed by atoms with van der Waals surface area (Å²) in [5.74, 6) is 0.256. The van der Waals surface area contributed by atoms with Crippen LogP contribution in [0.2, 0.25) is 5.02 Å². The van der Waals surface area contributed by atoms with Crippen molar-refractivity contribution in [1.82, 2.24) is 5.32 Å². The standard InChI is InChI=1S/C21H17ClFNO2/c22-18-7-11-20(12-8-18)26-14-16-1-5-17(6-2-16)21(25)24-13-15-3-9-19(23)10-4-15/h1-12H,13-14H2,(H,24,25). The zero-order chi connectivity index (χ0) is 18.4. The number of carbonyl (C=O) groups is 1. The molecule has 1 N–H and O–H groups in total. The highest BCUT2D eigenvalue weighted by atomic mass is 35.5. The zero-order valence-corrected chi connectivity index (χ0v) is 14.7. The van der Waals surface area contributed by atoms with Crippen molar-refractivity contribution in [2.24, 2.45) is 0 Å². The minimum atomic E-state index is -0.295. The zero-order valence-electron chi connectivity index (χ0n) is 13.9. The van der Waals surface area contributed by atoms with Crippen molar-refractivity contribution in [3.8, 4) is 5.75 Å². The molecule has 0 heterocycles. The summed E-state index contributed by atoms with van der Waals surface area (Å²) in [6, 6.07) is 20.4. The van der Waals surface area contributed by atoms with Gasteiger partial charge < -0.3 is 10.1 Å². The van der Waals surface area contributed by atoms with Crippen molar-refractivity contribution in [3.63, 3.8) is 0 Å². The van der Waals surface area contributed by atoms with Crippen LogP contribution < -0.4 is 10.1 Å². The smallest absolute Gasteiger partial charge is 0.251 e. The summed E-state index contributed by atoms with van der Waals surface area (Å²) in [7, 11) is 0. The van der Waals surface area contributed by atoms with Crippen LogP contribution in [-0.2, 0) is 13.2 Å². The van der Waals surface area contributed by atoms with Crippen LogP contribution in [0, 0.1) is 5.82 Å². The first kappa shape index (κ1) is 18.0. The predicted octanol–water partition coefficient (Wildman–Crippen LogP) is 4.99. The van der Waals surface area contributed by atoms with E-state index in [2.05, 4.69) is 5.32 Å². The maximum absolute atomic E-state index is 12.9. The van der Waals surface area contributed by atoms with E-state index >= 15 is 0 Å². The van der Waals surface area contributed by atoms with E-state index in [1.807, 2.05) is 12.1 Å². The lowest BCUT2D eigenvalue weighted by Gasteiger charge is -2.08. The van der Waals surface area contributed by atoms with Crippen LogP contribution in [0.25, 0.3) is 0 Å². The number of benzene rings is 3. The molecule has 0 aliphatic heterocycles. The third-order valence-corrected chi connectivity index (χ3v) is 4.05. The van der Waals surface area contributed by atoms with Crippen LogP contribution in [0.1, 0.15) is 21.5 Å².